The van der Waals surface area contributed by atoms with Crippen molar-refractivity contribution < 1.29 is 4.74 Å². The molecule has 3 heteroatoms. The summed E-state index contributed by atoms with van der Waals surface area (Å²) in [7, 11) is 0. The molecule has 0 radical (unpaired) electrons. The molecule has 1 N–H and O–H groups in total. The Morgan fingerprint density at radius 2 is 1.94 bits per heavy atom. The van der Waals surface area contributed by atoms with Crippen LogP contribution in [0.15, 0.2) is 42.6 Å². The first-order valence-corrected chi connectivity index (χ1v) is 5.86. The Balaban J connectivity index is 2.20. The van der Waals surface area contributed by atoms with Crippen LogP contribution in [0.2, 0.25) is 0 Å². The molecular formula is C15H16N2O. The molecule has 0 fully saturated rings. The van der Waals surface area contributed by atoms with Crippen molar-refractivity contribution in [2.24, 2.45) is 0 Å². The summed E-state index contributed by atoms with van der Waals surface area (Å²) in [6, 6.07) is 11.8. The van der Waals surface area contributed by atoms with E-state index < -0.39 is 0 Å². The third-order valence-corrected chi connectivity index (χ3v) is 2.72. The highest BCUT2D eigenvalue weighted by Crippen LogP contribution is 2.20. The third kappa shape index (κ3) is 2.74. The lowest BCUT2D eigenvalue weighted by Crippen LogP contribution is -2.05. The van der Waals surface area contributed by atoms with Gasteiger partial charge in [0, 0.05) is 11.9 Å². The Morgan fingerprint density at radius 1 is 1.22 bits per heavy atom. The van der Waals surface area contributed by atoms with Crippen LogP contribution >= 0.6 is 0 Å². The second-order valence-electron chi connectivity index (χ2n) is 4.21. The summed E-state index contributed by atoms with van der Waals surface area (Å²) in [6.45, 7) is 4.18. The first-order chi connectivity index (χ1) is 8.68. The highest BCUT2D eigenvalue weighted by atomic mass is 16.5. The van der Waals surface area contributed by atoms with Crippen molar-refractivity contribution in [1.82, 2.24) is 4.98 Å². The van der Waals surface area contributed by atoms with E-state index in [2.05, 4.69) is 4.98 Å². The van der Waals surface area contributed by atoms with Crippen LogP contribution in [0.25, 0.3) is 0 Å². The topological polar surface area (TPSA) is 46.0 Å². The van der Waals surface area contributed by atoms with Gasteiger partial charge in [0.2, 0.25) is 5.88 Å². The van der Waals surface area contributed by atoms with Crippen molar-refractivity contribution in [2.45, 2.75) is 20.5 Å². The number of rotatable bonds is 4. The number of nitrogens with one attached hydrogen (secondary N) is 1. The summed E-state index contributed by atoms with van der Waals surface area (Å²) < 4.78 is 5.71. The number of pyridine rings is 1. The van der Waals surface area contributed by atoms with Gasteiger partial charge in [-0.1, -0.05) is 30.3 Å². The zero-order valence-electron chi connectivity index (χ0n) is 10.6. The lowest BCUT2D eigenvalue weighted by Gasteiger charge is -2.11. The molecule has 2 aromatic rings. The molecule has 0 saturated heterocycles. The quantitative estimate of drug-likeness (QED) is 0.833. The number of ether oxygens (including phenoxy) is 1. The van der Waals surface area contributed by atoms with Crippen LogP contribution in [-0.4, -0.2) is 10.7 Å². The maximum absolute atomic E-state index is 7.78. The molecule has 1 aromatic carbocycles. The van der Waals surface area contributed by atoms with Crippen molar-refractivity contribution >= 4 is 5.71 Å². The first kappa shape index (κ1) is 12.3. The van der Waals surface area contributed by atoms with Gasteiger partial charge in [0.05, 0.1) is 5.56 Å². The Hall–Kier alpha value is -2.16. The van der Waals surface area contributed by atoms with Gasteiger partial charge in [-0.2, -0.15) is 0 Å². The molecule has 1 aromatic heterocycles. The molecule has 3 nitrogen and oxygen atoms in total. The number of hydrogen-bond acceptors (Lipinski definition) is 3. The smallest absolute Gasteiger partial charge is 0.223 e. The standard InChI is InChI=1S/C15H16N2O/c1-11-8-9-17-15(14(11)12(2)16)18-10-13-6-4-3-5-7-13/h3-9,16H,10H2,1-2H3. The van der Waals surface area contributed by atoms with Crippen molar-refractivity contribution in [3.8, 4) is 5.88 Å². The minimum Gasteiger partial charge on any atom is -0.472 e. The maximum atomic E-state index is 7.78. The van der Waals surface area contributed by atoms with E-state index in [0.717, 1.165) is 16.7 Å². The molecule has 0 unspecified atom stereocenters. The Morgan fingerprint density at radius 3 is 2.61 bits per heavy atom. The van der Waals surface area contributed by atoms with E-state index in [1.165, 1.54) is 0 Å². The van der Waals surface area contributed by atoms with Crippen molar-refractivity contribution in [2.75, 3.05) is 0 Å². The van der Waals surface area contributed by atoms with E-state index in [-0.39, 0.29) is 0 Å². The van der Waals surface area contributed by atoms with Crippen LogP contribution in [0.1, 0.15) is 23.6 Å². The summed E-state index contributed by atoms with van der Waals surface area (Å²) in [4.78, 5) is 4.21. The van der Waals surface area contributed by atoms with E-state index in [0.29, 0.717) is 18.2 Å². The predicted octanol–water partition coefficient (Wildman–Crippen LogP) is 3.36. The van der Waals surface area contributed by atoms with Crippen molar-refractivity contribution in [3.05, 3.63) is 59.3 Å². The van der Waals surface area contributed by atoms with Crippen LogP contribution in [-0.2, 0) is 6.61 Å². The van der Waals surface area contributed by atoms with Crippen LogP contribution in [0.4, 0.5) is 0 Å². The lowest BCUT2D eigenvalue weighted by molar-refractivity contribution is 0.293. The molecular weight excluding hydrogens is 224 g/mol. The zero-order valence-corrected chi connectivity index (χ0v) is 10.6. The molecule has 1 heterocycles. The number of benzene rings is 1. The SMILES string of the molecule is CC(=N)c1c(C)ccnc1OCc1ccccc1. The molecule has 2 rings (SSSR count). The van der Waals surface area contributed by atoms with E-state index >= 15 is 0 Å². The highest BCUT2D eigenvalue weighted by molar-refractivity contribution is 5.99. The highest BCUT2D eigenvalue weighted by Gasteiger charge is 2.10. The molecule has 92 valence electrons. The Kier molecular flexibility index (Phi) is 3.72. The number of hydrogen-bond donors (Lipinski definition) is 1. The molecule has 0 bridgehead atoms. The summed E-state index contributed by atoms with van der Waals surface area (Å²) >= 11 is 0. The second-order valence-corrected chi connectivity index (χ2v) is 4.21. The van der Waals surface area contributed by atoms with E-state index in [1.54, 1.807) is 13.1 Å². The third-order valence-electron chi connectivity index (χ3n) is 2.72. The van der Waals surface area contributed by atoms with Crippen molar-refractivity contribution in [3.63, 3.8) is 0 Å². The maximum Gasteiger partial charge on any atom is 0.223 e. The van der Waals surface area contributed by atoms with Gasteiger partial charge >= 0.3 is 0 Å². The molecule has 0 spiro atoms. The molecule has 0 aliphatic heterocycles. The molecule has 0 saturated carbocycles. The molecule has 0 amide bonds. The monoisotopic (exact) mass is 240 g/mol. The van der Waals surface area contributed by atoms with Gasteiger partial charge in [-0.25, -0.2) is 4.98 Å². The van der Waals surface area contributed by atoms with Gasteiger partial charge in [-0.3, -0.25) is 0 Å². The fourth-order valence-electron chi connectivity index (χ4n) is 1.82. The van der Waals surface area contributed by atoms with Crippen molar-refractivity contribution in [1.29, 1.82) is 5.41 Å². The van der Waals surface area contributed by atoms with E-state index in [4.69, 9.17) is 10.1 Å². The summed E-state index contributed by atoms with van der Waals surface area (Å²) in [5, 5.41) is 7.78. The van der Waals surface area contributed by atoms with Crippen LogP contribution < -0.4 is 4.74 Å². The Bertz CT molecular complexity index is 550. The minimum absolute atomic E-state index is 0.470. The predicted molar refractivity (Wildman–Crippen MR) is 72.3 cm³/mol. The fourth-order valence-corrected chi connectivity index (χ4v) is 1.82. The zero-order chi connectivity index (χ0) is 13.0. The summed E-state index contributed by atoms with van der Waals surface area (Å²) in [5.41, 5.74) is 3.37. The van der Waals surface area contributed by atoms with Crippen LogP contribution in [0.3, 0.4) is 0 Å². The Labute approximate surface area is 107 Å². The normalized spacial score (nSPS) is 10.1. The van der Waals surface area contributed by atoms with Gasteiger partial charge in [0.15, 0.2) is 0 Å². The van der Waals surface area contributed by atoms with E-state index in [9.17, 15) is 0 Å². The van der Waals surface area contributed by atoms with Crippen LogP contribution in [0.5, 0.6) is 5.88 Å². The van der Waals surface area contributed by atoms with Gasteiger partial charge < -0.3 is 10.1 Å². The fraction of sp³-hybridized carbons (Fsp3) is 0.200. The van der Waals surface area contributed by atoms with Gasteiger partial charge in [-0.15, -0.1) is 0 Å². The largest absolute Gasteiger partial charge is 0.472 e. The summed E-state index contributed by atoms with van der Waals surface area (Å²) in [5.74, 6) is 0.534. The molecule has 0 aliphatic carbocycles. The molecule has 18 heavy (non-hydrogen) atoms. The first-order valence-electron chi connectivity index (χ1n) is 5.86. The second kappa shape index (κ2) is 5.45. The number of aryl methyl sites for hydroxylation is 1. The summed E-state index contributed by atoms with van der Waals surface area (Å²) in [6.07, 6.45) is 1.71. The number of aromatic nitrogens is 1. The van der Waals surface area contributed by atoms with Crippen LogP contribution in [0, 0.1) is 12.3 Å². The number of nitrogens with zero attached hydrogens (tertiary/aromatic N) is 1. The average Bonchev–Trinajstić information content (AvgIpc) is 2.37. The van der Waals surface area contributed by atoms with Gasteiger partial charge in [0.1, 0.15) is 6.61 Å². The van der Waals surface area contributed by atoms with Gasteiger partial charge in [-0.05, 0) is 31.0 Å². The van der Waals surface area contributed by atoms with E-state index in [1.807, 2.05) is 43.3 Å². The molecule has 0 aliphatic rings. The lowest BCUT2D eigenvalue weighted by atomic mass is 10.1. The van der Waals surface area contributed by atoms with Gasteiger partial charge in [0.25, 0.3) is 0 Å². The minimum atomic E-state index is 0.470. The average molecular weight is 240 g/mol. The molecule has 0 atom stereocenters.